The van der Waals surface area contributed by atoms with Gasteiger partial charge in [0.25, 0.3) is 0 Å². The van der Waals surface area contributed by atoms with Crippen LogP contribution in [0.25, 0.3) is 0 Å². The molecular formula is C13H12BrF2NO. The molecule has 1 atom stereocenters. The molecule has 1 unspecified atom stereocenters. The number of hydrogen-bond acceptors (Lipinski definition) is 2. The van der Waals surface area contributed by atoms with E-state index in [4.69, 9.17) is 4.42 Å². The van der Waals surface area contributed by atoms with Crippen molar-refractivity contribution < 1.29 is 13.2 Å². The summed E-state index contributed by atoms with van der Waals surface area (Å²) < 4.78 is 32.2. The minimum atomic E-state index is -0.834. The van der Waals surface area contributed by atoms with Gasteiger partial charge in [-0.25, -0.2) is 8.78 Å². The molecular weight excluding hydrogens is 304 g/mol. The van der Waals surface area contributed by atoms with E-state index in [0.717, 1.165) is 16.3 Å². The topological polar surface area (TPSA) is 25.2 Å². The zero-order valence-electron chi connectivity index (χ0n) is 9.71. The normalized spacial score (nSPS) is 12.7. The number of halogens is 3. The van der Waals surface area contributed by atoms with Gasteiger partial charge in [-0.3, -0.25) is 0 Å². The van der Waals surface area contributed by atoms with E-state index >= 15 is 0 Å². The van der Waals surface area contributed by atoms with Crippen molar-refractivity contribution in [1.82, 2.24) is 5.32 Å². The lowest BCUT2D eigenvalue weighted by atomic mass is 10.0. The van der Waals surface area contributed by atoms with Crippen LogP contribution >= 0.6 is 15.9 Å². The van der Waals surface area contributed by atoms with Gasteiger partial charge in [0.1, 0.15) is 5.76 Å². The Balaban J connectivity index is 2.20. The van der Waals surface area contributed by atoms with Crippen molar-refractivity contribution in [3.05, 3.63) is 58.0 Å². The third kappa shape index (κ3) is 2.79. The predicted molar refractivity (Wildman–Crippen MR) is 68.3 cm³/mol. The van der Waals surface area contributed by atoms with Gasteiger partial charge in [-0.1, -0.05) is 6.07 Å². The van der Waals surface area contributed by atoms with Gasteiger partial charge in [0.15, 0.2) is 11.6 Å². The minimum Gasteiger partial charge on any atom is -0.466 e. The molecule has 0 radical (unpaired) electrons. The Morgan fingerprint density at radius 3 is 2.61 bits per heavy atom. The van der Waals surface area contributed by atoms with Crippen LogP contribution in [-0.2, 0) is 6.42 Å². The van der Waals surface area contributed by atoms with Crippen molar-refractivity contribution >= 4 is 15.9 Å². The Hall–Kier alpha value is -1.20. The fourth-order valence-electron chi connectivity index (χ4n) is 1.78. The summed E-state index contributed by atoms with van der Waals surface area (Å²) in [5, 5.41) is 3.09. The molecule has 2 rings (SSSR count). The van der Waals surface area contributed by atoms with E-state index in [9.17, 15) is 8.78 Å². The first kappa shape index (κ1) is 13.2. The molecule has 0 aliphatic heterocycles. The smallest absolute Gasteiger partial charge is 0.159 e. The van der Waals surface area contributed by atoms with Gasteiger partial charge in [-0.15, -0.1) is 0 Å². The van der Waals surface area contributed by atoms with Gasteiger partial charge in [0, 0.05) is 0 Å². The molecule has 96 valence electrons. The van der Waals surface area contributed by atoms with E-state index in [1.165, 1.54) is 6.07 Å². The van der Waals surface area contributed by atoms with Crippen molar-refractivity contribution in [3.8, 4) is 0 Å². The van der Waals surface area contributed by atoms with E-state index in [1.54, 1.807) is 25.4 Å². The molecule has 1 aromatic carbocycles. The van der Waals surface area contributed by atoms with Gasteiger partial charge < -0.3 is 9.73 Å². The van der Waals surface area contributed by atoms with Crippen LogP contribution in [-0.4, -0.2) is 7.05 Å². The number of likely N-dealkylation sites (N-methyl/N-ethyl adjacent to an activating group) is 1. The maximum Gasteiger partial charge on any atom is 0.159 e. The van der Waals surface area contributed by atoms with Crippen LogP contribution in [0.5, 0.6) is 0 Å². The molecule has 1 aromatic heterocycles. The van der Waals surface area contributed by atoms with Crippen molar-refractivity contribution in [3.63, 3.8) is 0 Å². The van der Waals surface area contributed by atoms with E-state index in [-0.39, 0.29) is 6.04 Å². The van der Waals surface area contributed by atoms with Gasteiger partial charge in [0.2, 0.25) is 0 Å². The number of nitrogens with one attached hydrogen (secondary N) is 1. The summed E-state index contributed by atoms with van der Waals surface area (Å²) in [6.45, 7) is 0. The van der Waals surface area contributed by atoms with Gasteiger partial charge in [-0.2, -0.15) is 0 Å². The number of hydrogen-bond donors (Lipinski definition) is 1. The maximum atomic E-state index is 13.1. The highest BCUT2D eigenvalue weighted by atomic mass is 79.9. The highest BCUT2D eigenvalue weighted by molar-refractivity contribution is 9.10. The second kappa shape index (κ2) is 5.63. The standard InChI is InChI=1S/C13H12BrF2NO/c1-17-12(13-9(14)4-5-18-13)7-8-2-3-10(15)11(16)6-8/h2-6,12,17H,7H2,1H3. The maximum absolute atomic E-state index is 13.1. The zero-order chi connectivity index (χ0) is 13.1. The molecule has 0 fully saturated rings. The third-order valence-corrected chi connectivity index (χ3v) is 3.39. The molecule has 0 saturated carbocycles. The van der Waals surface area contributed by atoms with Crippen LogP contribution in [0.1, 0.15) is 17.4 Å². The molecule has 1 heterocycles. The van der Waals surface area contributed by atoms with Crippen LogP contribution in [0.15, 0.2) is 39.4 Å². The molecule has 1 N–H and O–H groups in total. The molecule has 18 heavy (non-hydrogen) atoms. The summed E-state index contributed by atoms with van der Waals surface area (Å²) in [7, 11) is 1.79. The fraction of sp³-hybridized carbons (Fsp3) is 0.231. The largest absolute Gasteiger partial charge is 0.466 e. The fourth-order valence-corrected chi connectivity index (χ4v) is 2.26. The summed E-state index contributed by atoms with van der Waals surface area (Å²) in [5.41, 5.74) is 0.705. The lowest BCUT2D eigenvalue weighted by Crippen LogP contribution is -2.18. The van der Waals surface area contributed by atoms with E-state index in [0.29, 0.717) is 12.0 Å². The lowest BCUT2D eigenvalue weighted by molar-refractivity contribution is 0.426. The second-order valence-electron chi connectivity index (χ2n) is 3.93. The second-order valence-corrected chi connectivity index (χ2v) is 4.78. The van der Waals surface area contributed by atoms with Gasteiger partial charge >= 0.3 is 0 Å². The van der Waals surface area contributed by atoms with Crippen molar-refractivity contribution in [2.45, 2.75) is 12.5 Å². The lowest BCUT2D eigenvalue weighted by Gasteiger charge is -2.14. The van der Waals surface area contributed by atoms with Crippen LogP contribution in [0.4, 0.5) is 8.78 Å². The van der Waals surface area contributed by atoms with Crippen LogP contribution in [0.3, 0.4) is 0 Å². The summed E-state index contributed by atoms with van der Waals surface area (Å²) in [6, 6.07) is 5.61. The molecule has 0 bridgehead atoms. The molecule has 0 saturated heterocycles. The number of furan rings is 1. The molecule has 0 aliphatic rings. The monoisotopic (exact) mass is 315 g/mol. The average molecular weight is 316 g/mol. The first-order valence-electron chi connectivity index (χ1n) is 5.46. The van der Waals surface area contributed by atoms with Gasteiger partial charge in [0.05, 0.1) is 16.8 Å². The van der Waals surface area contributed by atoms with Gasteiger partial charge in [-0.05, 0) is 53.2 Å². The van der Waals surface area contributed by atoms with Crippen molar-refractivity contribution in [2.24, 2.45) is 0 Å². The van der Waals surface area contributed by atoms with Crippen LogP contribution in [0, 0.1) is 11.6 Å². The average Bonchev–Trinajstić information content (AvgIpc) is 2.77. The molecule has 5 heteroatoms. The molecule has 0 amide bonds. The van der Waals surface area contributed by atoms with E-state index in [1.807, 2.05) is 0 Å². The molecule has 2 nitrogen and oxygen atoms in total. The number of benzene rings is 1. The SMILES string of the molecule is CNC(Cc1ccc(F)c(F)c1)c1occc1Br. The van der Waals surface area contributed by atoms with E-state index in [2.05, 4.69) is 21.2 Å². The minimum absolute atomic E-state index is 0.0979. The molecule has 0 aliphatic carbocycles. The van der Waals surface area contributed by atoms with Crippen molar-refractivity contribution in [1.29, 1.82) is 0 Å². The Bertz CT molecular complexity index is 542. The van der Waals surface area contributed by atoms with Crippen LogP contribution < -0.4 is 5.32 Å². The van der Waals surface area contributed by atoms with Crippen LogP contribution in [0.2, 0.25) is 0 Å². The number of rotatable bonds is 4. The first-order chi connectivity index (χ1) is 8.61. The summed E-state index contributed by atoms with van der Waals surface area (Å²) in [5.74, 6) is -0.929. The molecule has 0 spiro atoms. The molecule has 2 aromatic rings. The van der Waals surface area contributed by atoms with E-state index < -0.39 is 11.6 Å². The summed E-state index contributed by atoms with van der Waals surface area (Å²) in [4.78, 5) is 0. The Kier molecular flexibility index (Phi) is 4.14. The predicted octanol–water partition coefficient (Wildman–Crippen LogP) is 3.82. The summed E-state index contributed by atoms with van der Waals surface area (Å²) in [6.07, 6.45) is 2.09. The Labute approximate surface area is 112 Å². The Morgan fingerprint density at radius 1 is 1.28 bits per heavy atom. The van der Waals surface area contributed by atoms with Crippen molar-refractivity contribution in [2.75, 3.05) is 7.05 Å². The highest BCUT2D eigenvalue weighted by Crippen LogP contribution is 2.27. The Morgan fingerprint density at radius 2 is 2.06 bits per heavy atom. The zero-order valence-corrected chi connectivity index (χ0v) is 11.3. The summed E-state index contributed by atoms with van der Waals surface area (Å²) >= 11 is 3.38. The highest BCUT2D eigenvalue weighted by Gasteiger charge is 2.17. The quantitative estimate of drug-likeness (QED) is 0.927. The first-order valence-corrected chi connectivity index (χ1v) is 6.25. The third-order valence-electron chi connectivity index (χ3n) is 2.73.